The third-order valence-corrected chi connectivity index (χ3v) is 6.41. The molecule has 1 aliphatic rings. The Balaban J connectivity index is 1.24. The molecular weight excluding hydrogens is 434 g/mol. The highest BCUT2D eigenvalue weighted by molar-refractivity contribution is 7.09. The van der Waals surface area contributed by atoms with Crippen molar-refractivity contribution in [3.05, 3.63) is 63.6 Å². The summed E-state index contributed by atoms with van der Waals surface area (Å²) >= 11 is 7.54. The van der Waals surface area contributed by atoms with Crippen LogP contribution in [0.5, 0.6) is 0 Å². The van der Waals surface area contributed by atoms with Crippen LogP contribution in [0.3, 0.4) is 0 Å². The number of anilines is 1. The Hall–Kier alpha value is -3.04. The SMILES string of the molecule is Cc1nc(C(=O)NC2CC(n3cnc4c(NCc5cccc(Cl)c5)ncnc43)C2)cs1. The highest BCUT2D eigenvalue weighted by Gasteiger charge is 2.33. The van der Waals surface area contributed by atoms with E-state index in [9.17, 15) is 4.79 Å². The lowest BCUT2D eigenvalue weighted by molar-refractivity contribution is 0.0890. The van der Waals surface area contributed by atoms with E-state index in [4.69, 9.17) is 11.6 Å². The van der Waals surface area contributed by atoms with E-state index in [1.807, 2.05) is 31.2 Å². The number of carbonyl (C=O) groups is 1. The van der Waals surface area contributed by atoms with Crippen LogP contribution in [0.1, 0.15) is 39.9 Å². The van der Waals surface area contributed by atoms with Gasteiger partial charge in [0.05, 0.1) is 11.3 Å². The molecule has 1 aromatic carbocycles. The van der Waals surface area contributed by atoms with Gasteiger partial charge in [-0.2, -0.15) is 0 Å². The summed E-state index contributed by atoms with van der Waals surface area (Å²) in [6, 6.07) is 8.06. The summed E-state index contributed by atoms with van der Waals surface area (Å²) in [6.07, 6.45) is 5.00. The molecular formula is C21H20ClN7OS. The molecule has 31 heavy (non-hydrogen) atoms. The number of fused-ring (bicyclic) bond motifs is 1. The number of halogens is 1. The van der Waals surface area contributed by atoms with Gasteiger partial charge in [0.15, 0.2) is 11.5 Å². The fraction of sp³-hybridized carbons (Fsp3) is 0.286. The molecule has 0 atom stereocenters. The number of benzene rings is 1. The molecule has 3 heterocycles. The minimum atomic E-state index is -0.113. The molecule has 4 aromatic rings. The first-order valence-corrected chi connectivity index (χ1v) is 11.2. The predicted molar refractivity (Wildman–Crippen MR) is 120 cm³/mol. The second kappa shape index (κ2) is 8.24. The van der Waals surface area contributed by atoms with Crippen LogP contribution in [0.15, 0.2) is 42.3 Å². The monoisotopic (exact) mass is 453 g/mol. The molecule has 8 nitrogen and oxygen atoms in total. The Morgan fingerprint density at radius 3 is 2.94 bits per heavy atom. The van der Waals surface area contributed by atoms with E-state index in [0.29, 0.717) is 23.1 Å². The van der Waals surface area contributed by atoms with Crippen LogP contribution in [0.25, 0.3) is 11.2 Å². The van der Waals surface area contributed by atoms with E-state index >= 15 is 0 Å². The molecule has 0 aliphatic heterocycles. The lowest BCUT2D eigenvalue weighted by Crippen LogP contribution is -2.45. The Morgan fingerprint density at radius 1 is 1.29 bits per heavy atom. The summed E-state index contributed by atoms with van der Waals surface area (Å²) in [5.74, 6) is 0.574. The van der Waals surface area contributed by atoms with Gasteiger partial charge >= 0.3 is 0 Å². The summed E-state index contributed by atoms with van der Waals surface area (Å²) in [5.41, 5.74) is 3.07. The number of hydrogen-bond acceptors (Lipinski definition) is 7. The van der Waals surface area contributed by atoms with Gasteiger partial charge in [-0.3, -0.25) is 4.79 Å². The van der Waals surface area contributed by atoms with Crippen LogP contribution in [-0.2, 0) is 6.54 Å². The van der Waals surface area contributed by atoms with E-state index in [0.717, 1.165) is 34.6 Å². The van der Waals surface area contributed by atoms with E-state index in [1.54, 1.807) is 18.0 Å². The standard InChI is InChI=1S/C21H20ClN7OS/c1-12-27-17(9-31-12)21(30)28-15-6-16(7-15)29-11-26-18-19(24-10-25-20(18)29)23-8-13-3-2-4-14(22)5-13/h2-5,9-11,15-16H,6-8H2,1H3,(H,28,30)(H,23,24,25). The smallest absolute Gasteiger partial charge is 0.270 e. The van der Waals surface area contributed by atoms with Gasteiger partial charge in [0.1, 0.15) is 17.5 Å². The molecule has 10 heteroatoms. The molecule has 1 saturated carbocycles. The number of thiazole rings is 1. The van der Waals surface area contributed by atoms with Gasteiger partial charge in [0.25, 0.3) is 5.91 Å². The summed E-state index contributed by atoms with van der Waals surface area (Å²) in [7, 11) is 0. The zero-order valence-electron chi connectivity index (χ0n) is 16.7. The molecule has 0 saturated heterocycles. The van der Waals surface area contributed by atoms with Crippen molar-refractivity contribution in [2.75, 3.05) is 5.32 Å². The van der Waals surface area contributed by atoms with Crippen molar-refractivity contribution in [1.82, 2.24) is 29.8 Å². The van der Waals surface area contributed by atoms with Gasteiger partial charge in [0.2, 0.25) is 0 Å². The second-order valence-electron chi connectivity index (χ2n) is 7.58. The number of rotatable bonds is 6. The van der Waals surface area contributed by atoms with Crippen molar-refractivity contribution < 1.29 is 4.79 Å². The first-order valence-electron chi connectivity index (χ1n) is 9.95. The van der Waals surface area contributed by atoms with Crippen molar-refractivity contribution >= 4 is 45.8 Å². The van der Waals surface area contributed by atoms with Gasteiger partial charge in [0, 0.05) is 29.0 Å². The minimum Gasteiger partial charge on any atom is -0.364 e. The molecule has 0 bridgehead atoms. The molecule has 1 amide bonds. The van der Waals surface area contributed by atoms with E-state index in [-0.39, 0.29) is 18.0 Å². The minimum absolute atomic E-state index is 0.113. The molecule has 0 radical (unpaired) electrons. The number of imidazole rings is 1. The largest absolute Gasteiger partial charge is 0.364 e. The van der Waals surface area contributed by atoms with Gasteiger partial charge in [-0.15, -0.1) is 11.3 Å². The number of amides is 1. The summed E-state index contributed by atoms with van der Waals surface area (Å²) < 4.78 is 2.07. The van der Waals surface area contributed by atoms with Crippen molar-refractivity contribution in [3.63, 3.8) is 0 Å². The van der Waals surface area contributed by atoms with Crippen molar-refractivity contribution in [3.8, 4) is 0 Å². The molecule has 0 spiro atoms. The van der Waals surface area contributed by atoms with Crippen LogP contribution in [0.2, 0.25) is 5.02 Å². The lowest BCUT2D eigenvalue weighted by atomic mass is 9.86. The van der Waals surface area contributed by atoms with Crippen LogP contribution in [0, 0.1) is 6.92 Å². The van der Waals surface area contributed by atoms with Gasteiger partial charge in [-0.1, -0.05) is 23.7 Å². The maximum Gasteiger partial charge on any atom is 0.270 e. The number of aryl methyl sites for hydroxylation is 1. The average Bonchev–Trinajstić information content (AvgIpc) is 3.35. The second-order valence-corrected chi connectivity index (χ2v) is 9.08. The Labute approximate surface area is 187 Å². The maximum absolute atomic E-state index is 12.3. The lowest BCUT2D eigenvalue weighted by Gasteiger charge is -2.36. The highest BCUT2D eigenvalue weighted by Crippen LogP contribution is 2.35. The van der Waals surface area contributed by atoms with Crippen LogP contribution in [0.4, 0.5) is 5.82 Å². The fourth-order valence-electron chi connectivity index (χ4n) is 3.74. The van der Waals surface area contributed by atoms with Crippen LogP contribution >= 0.6 is 22.9 Å². The number of carbonyl (C=O) groups excluding carboxylic acids is 1. The predicted octanol–water partition coefficient (Wildman–Crippen LogP) is 3.99. The van der Waals surface area contributed by atoms with Crippen molar-refractivity contribution in [2.24, 2.45) is 0 Å². The van der Waals surface area contributed by atoms with Gasteiger partial charge in [-0.05, 0) is 37.5 Å². The van der Waals surface area contributed by atoms with Gasteiger partial charge < -0.3 is 15.2 Å². The maximum atomic E-state index is 12.3. The molecule has 5 rings (SSSR count). The van der Waals surface area contributed by atoms with Crippen LogP contribution in [-0.4, -0.2) is 36.5 Å². The molecule has 158 valence electrons. The van der Waals surface area contributed by atoms with E-state index in [2.05, 4.69) is 35.1 Å². The molecule has 0 unspecified atom stereocenters. The average molecular weight is 454 g/mol. The van der Waals surface area contributed by atoms with Crippen molar-refractivity contribution in [2.45, 2.75) is 38.4 Å². The summed E-state index contributed by atoms with van der Waals surface area (Å²) in [6.45, 7) is 2.48. The van der Waals surface area contributed by atoms with E-state index < -0.39 is 0 Å². The quantitative estimate of drug-likeness (QED) is 0.458. The number of nitrogens with zero attached hydrogens (tertiary/aromatic N) is 5. The fourth-order valence-corrected chi connectivity index (χ4v) is 4.55. The van der Waals surface area contributed by atoms with Crippen LogP contribution < -0.4 is 10.6 Å². The topological polar surface area (TPSA) is 97.6 Å². The Bertz CT molecular complexity index is 1250. The number of aromatic nitrogens is 5. The van der Waals surface area contributed by atoms with E-state index in [1.165, 1.54) is 11.3 Å². The van der Waals surface area contributed by atoms with Gasteiger partial charge in [-0.25, -0.2) is 19.9 Å². The molecule has 2 N–H and O–H groups in total. The molecule has 1 aliphatic carbocycles. The number of nitrogens with one attached hydrogen (secondary N) is 2. The first kappa shape index (κ1) is 19.9. The summed E-state index contributed by atoms with van der Waals surface area (Å²) in [4.78, 5) is 29.9. The zero-order valence-corrected chi connectivity index (χ0v) is 18.3. The van der Waals surface area contributed by atoms with Crippen molar-refractivity contribution in [1.29, 1.82) is 0 Å². The summed E-state index contributed by atoms with van der Waals surface area (Å²) in [5, 5.41) is 9.76. The number of hydrogen-bond donors (Lipinski definition) is 2. The first-order chi connectivity index (χ1) is 15.1. The Morgan fingerprint density at radius 2 is 2.16 bits per heavy atom. The normalized spacial score (nSPS) is 18.0. The zero-order chi connectivity index (χ0) is 21.4. The molecule has 3 aromatic heterocycles. The third-order valence-electron chi connectivity index (χ3n) is 5.40. The Kier molecular flexibility index (Phi) is 5.29. The molecule has 1 fully saturated rings. The third kappa shape index (κ3) is 4.11. The highest BCUT2D eigenvalue weighted by atomic mass is 35.5.